The Morgan fingerprint density at radius 1 is 1.21 bits per heavy atom. The van der Waals surface area contributed by atoms with Crippen molar-refractivity contribution in [2.45, 2.75) is 19.9 Å². The molecule has 1 aromatic heterocycles. The number of hydrogen-bond acceptors (Lipinski definition) is 5. The number of amidine groups is 1. The third kappa shape index (κ3) is 5.79. The number of amides is 1. The fraction of sp³-hybridized carbons (Fsp3) is 0.333. The Bertz CT molecular complexity index is 642. The normalized spacial score (nSPS) is 12.7. The molecule has 1 amide bonds. The number of carbonyl (C=O) groups excluding carboxylic acids is 1. The molecule has 0 unspecified atom stereocenters. The van der Waals surface area contributed by atoms with Crippen molar-refractivity contribution >= 4 is 23.3 Å². The quantitative estimate of drug-likeness (QED) is 0.473. The lowest BCUT2D eigenvalue weighted by molar-refractivity contribution is 0.0924. The Hall–Kier alpha value is -2.18. The molecule has 0 saturated heterocycles. The van der Waals surface area contributed by atoms with Crippen LogP contribution in [0.5, 0.6) is 0 Å². The molecule has 0 spiro atoms. The summed E-state index contributed by atoms with van der Waals surface area (Å²) in [6, 6.07) is 13.5. The summed E-state index contributed by atoms with van der Waals surface area (Å²) in [5.41, 5.74) is 1.05. The Balaban J connectivity index is 2.06. The largest absolute Gasteiger partial charge is 0.463 e. The fourth-order valence-corrected chi connectivity index (χ4v) is 2.61. The Labute approximate surface area is 146 Å². The van der Waals surface area contributed by atoms with E-state index in [0.29, 0.717) is 24.7 Å². The van der Waals surface area contributed by atoms with E-state index in [2.05, 4.69) is 10.3 Å². The second-order valence-electron chi connectivity index (χ2n) is 5.00. The van der Waals surface area contributed by atoms with Crippen molar-refractivity contribution in [3.8, 4) is 0 Å². The van der Waals surface area contributed by atoms with Crippen LogP contribution >= 0.6 is 11.3 Å². The van der Waals surface area contributed by atoms with Gasteiger partial charge in [0.15, 0.2) is 0 Å². The summed E-state index contributed by atoms with van der Waals surface area (Å²) in [6.07, 6.45) is 0. The lowest BCUT2D eigenvalue weighted by Crippen LogP contribution is -2.33. The number of nitrogens with one attached hydrogen (secondary N) is 1. The Kier molecular flexibility index (Phi) is 7.45. The number of benzene rings is 1. The van der Waals surface area contributed by atoms with E-state index in [9.17, 15) is 4.79 Å². The minimum atomic E-state index is -0.222. The topological polar surface area (TPSA) is 59.9 Å². The predicted molar refractivity (Wildman–Crippen MR) is 96.5 cm³/mol. The first-order chi connectivity index (χ1) is 11.7. The maximum absolute atomic E-state index is 12.2. The van der Waals surface area contributed by atoms with Gasteiger partial charge in [-0.3, -0.25) is 10.1 Å². The van der Waals surface area contributed by atoms with E-state index in [1.165, 1.54) is 11.3 Å². The average Bonchev–Trinajstić information content (AvgIpc) is 3.14. The third-order valence-electron chi connectivity index (χ3n) is 3.23. The van der Waals surface area contributed by atoms with Gasteiger partial charge in [-0.05, 0) is 30.9 Å². The zero-order valence-electron chi connectivity index (χ0n) is 13.9. The van der Waals surface area contributed by atoms with Gasteiger partial charge in [0.05, 0.1) is 17.5 Å². The average molecular weight is 346 g/mol. The van der Waals surface area contributed by atoms with E-state index in [1.54, 1.807) is 6.07 Å². The molecular formula is C18H22N2O3S. The van der Waals surface area contributed by atoms with Crippen molar-refractivity contribution in [1.29, 1.82) is 0 Å². The van der Waals surface area contributed by atoms with Crippen molar-refractivity contribution in [1.82, 2.24) is 5.32 Å². The van der Waals surface area contributed by atoms with Crippen molar-refractivity contribution in [3.63, 3.8) is 0 Å². The van der Waals surface area contributed by atoms with Crippen LogP contribution in [0.3, 0.4) is 0 Å². The molecule has 0 bridgehead atoms. The van der Waals surface area contributed by atoms with Gasteiger partial charge in [-0.2, -0.15) is 0 Å². The molecule has 0 saturated carbocycles. The number of hydrogen-bond donors (Lipinski definition) is 1. The first-order valence-corrected chi connectivity index (χ1v) is 8.76. The summed E-state index contributed by atoms with van der Waals surface area (Å²) >= 11 is 1.37. The van der Waals surface area contributed by atoms with E-state index >= 15 is 0 Å². The summed E-state index contributed by atoms with van der Waals surface area (Å²) in [5, 5.41) is 4.60. The molecule has 0 aliphatic rings. The first kappa shape index (κ1) is 18.2. The lowest BCUT2D eigenvalue weighted by atomic mass is 10.1. The van der Waals surface area contributed by atoms with Gasteiger partial charge in [-0.15, -0.1) is 11.3 Å². The van der Waals surface area contributed by atoms with Gasteiger partial charge < -0.3 is 9.47 Å². The van der Waals surface area contributed by atoms with Crippen molar-refractivity contribution in [2.24, 2.45) is 4.99 Å². The summed E-state index contributed by atoms with van der Waals surface area (Å²) in [5.74, 6) is -0.222. The third-order valence-corrected chi connectivity index (χ3v) is 4.10. The summed E-state index contributed by atoms with van der Waals surface area (Å²) in [7, 11) is 0. The van der Waals surface area contributed by atoms with Crippen molar-refractivity contribution in [2.75, 3.05) is 19.8 Å². The highest BCUT2D eigenvalue weighted by Crippen LogP contribution is 2.16. The molecule has 1 aromatic carbocycles. The second-order valence-corrected chi connectivity index (χ2v) is 5.95. The highest BCUT2D eigenvalue weighted by molar-refractivity contribution is 7.12. The first-order valence-electron chi connectivity index (χ1n) is 7.89. The number of carbonyl (C=O) groups is 1. The predicted octanol–water partition coefficient (Wildman–Crippen LogP) is 3.65. The molecule has 5 nitrogen and oxygen atoms in total. The standard InChI is InChI=1S/C18H22N2O3S/c1-3-22-11-12-23-18(20-17(21)16-10-7-13-24-16)19-14(2)15-8-5-4-6-9-15/h4-10,13-14H,3,11-12H2,1-2H3,(H,19,20,21)/t14-/m1/s1. The maximum Gasteiger partial charge on any atom is 0.292 e. The molecule has 128 valence electrons. The molecule has 2 rings (SSSR count). The van der Waals surface area contributed by atoms with E-state index in [0.717, 1.165) is 5.56 Å². The number of thiophene rings is 1. The van der Waals surface area contributed by atoms with Gasteiger partial charge in [0.25, 0.3) is 11.9 Å². The highest BCUT2D eigenvalue weighted by atomic mass is 32.1. The maximum atomic E-state index is 12.2. The van der Waals surface area contributed by atoms with Crippen molar-refractivity contribution in [3.05, 3.63) is 58.3 Å². The zero-order valence-corrected chi connectivity index (χ0v) is 14.7. The smallest absolute Gasteiger partial charge is 0.292 e. The SMILES string of the molecule is CCOCCOC(=N[C@H](C)c1ccccc1)NC(=O)c1cccs1. The molecule has 0 aliphatic heterocycles. The molecule has 0 radical (unpaired) electrons. The molecule has 0 aliphatic carbocycles. The van der Waals surface area contributed by atoms with Crippen LogP contribution in [-0.2, 0) is 9.47 Å². The van der Waals surface area contributed by atoms with E-state index < -0.39 is 0 Å². The van der Waals surface area contributed by atoms with Gasteiger partial charge in [0.2, 0.25) is 0 Å². The van der Waals surface area contributed by atoms with Crippen LogP contribution in [0.15, 0.2) is 52.8 Å². The number of nitrogens with zero attached hydrogens (tertiary/aromatic N) is 1. The summed E-state index contributed by atoms with van der Waals surface area (Å²) in [4.78, 5) is 17.4. The van der Waals surface area contributed by atoms with Crippen molar-refractivity contribution < 1.29 is 14.3 Å². The Morgan fingerprint density at radius 2 is 2.00 bits per heavy atom. The molecule has 1 N–H and O–H groups in total. The van der Waals surface area contributed by atoms with Gasteiger partial charge in [-0.1, -0.05) is 36.4 Å². The molecule has 1 atom stereocenters. The lowest BCUT2D eigenvalue weighted by Gasteiger charge is -2.13. The molecular weight excluding hydrogens is 324 g/mol. The van der Waals surface area contributed by atoms with Crippen LogP contribution in [-0.4, -0.2) is 31.7 Å². The number of aliphatic imine (C=N–C) groups is 1. The van der Waals surface area contributed by atoms with Crippen LogP contribution in [0.4, 0.5) is 0 Å². The molecule has 1 heterocycles. The van der Waals surface area contributed by atoms with Gasteiger partial charge >= 0.3 is 0 Å². The summed E-state index contributed by atoms with van der Waals surface area (Å²) < 4.78 is 10.9. The van der Waals surface area contributed by atoms with Gasteiger partial charge in [-0.25, -0.2) is 4.99 Å². The van der Waals surface area contributed by atoms with Crippen LogP contribution < -0.4 is 5.32 Å². The highest BCUT2D eigenvalue weighted by Gasteiger charge is 2.13. The van der Waals surface area contributed by atoms with Crippen LogP contribution in [0.2, 0.25) is 0 Å². The molecule has 24 heavy (non-hydrogen) atoms. The Morgan fingerprint density at radius 3 is 2.67 bits per heavy atom. The molecule has 2 aromatic rings. The minimum Gasteiger partial charge on any atom is -0.463 e. The number of rotatable bonds is 7. The van der Waals surface area contributed by atoms with E-state index in [-0.39, 0.29) is 18.0 Å². The minimum absolute atomic E-state index is 0.128. The van der Waals surface area contributed by atoms with Crippen LogP contribution in [0.25, 0.3) is 0 Å². The number of ether oxygens (including phenoxy) is 2. The van der Waals surface area contributed by atoms with Crippen LogP contribution in [0, 0.1) is 0 Å². The summed E-state index contributed by atoms with van der Waals surface area (Å²) in [6.45, 7) is 5.28. The van der Waals surface area contributed by atoms with Gasteiger partial charge in [0, 0.05) is 6.61 Å². The zero-order chi connectivity index (χ0) is 17.2. The fourth-order valence-electron chi connectivity index (χ4n) is 2.00. The second kappa shape index (κ2) is 9.85. The monoisotopic (exact) mass is 346 g/mol. The van der Waals surface area contributed by atoms with E-state index in [4.69, 9.17) is 9.47 Å². The molecule has 0 fully saturated rings. The molecule has 6 heteroatoms. The van der Waals surface area contributed by atoms with Gasteiger partial charge in [0.1, 0.15) is 6.61 Å². The van der Waals surface area contributed by atoms with E-state index in [1.807, 2.05) is 55.6 Å². The van der Waals surface area contributed by atoms with Crippen LogP contribution in [0.1, 0.15) is 35.1 Å².